The van der Waals surface area contributed by atoms with Crippen molar-refractivity contribution in [3.8, 4) is 0 Å². The first-order chi connectivity index (χ1) is 8.58. The molecule has 0 saturated carbocycles. The Morgan fingerprint density at radius 3 is 2.61 bits per heavy atom. The Morgan fingerprint density at radius 1 is 1.28 bits per heavy atom. The van der Waals surface area contributed by atoms with E-state index < -0.39 is 10.0 Å². The van der Waals surface area contributed by atoms with Crippen LogP contribution in [0, 0.1) is 0 Å². The van der Waals surface area contributed by atoms with E-state index in [4.69, 9.17) is 10.3 Å². The molecule has 0 bridgehead atoms. The van der Waals surface area contributed by atoms with Crippen LogP contribution in [0.15, 0.2) is 28.1 Å². The molecule has 10 heteroatoms. The minimum atomic E-state index is -3.65. The molecule has 0 fully saturated rings. The summed E-state index contributed by atoms with van der Waals surface area (Å²) in [4.78, 5) is 10.9. The van der Waals surface area contributed by atoms with Crippen LogP contribution in [-0.2, 0) is 16.4 Å². The van der Waals surface area contributed by atoms with Crippen molar-refractivity contribution in [2.45, 2.75) is 11.3 Å². The summed E-state index contributed by atoms with van der Waals surface area (Å²) in [6, 6.07) is 0. The molecular formula is C8H10N6O3S. The molecule has 0 aliphatic heterocycles. The van der Waals surface area contributed by atoms with Crippen LogP contribution in [0.2, 0.25) is 0 Å². The molecule has 2 rings (SSSR count). The van der Waals surface area contributed by atoms with Crippen molar-refractivity contribution in [1.29, 1.82) is 0 Å². The molecule has 0 saturated heterocycles. The first kappa shape index (κ1) is 12.4. The van der Waals surface area contributed by atoms with Gasteiger partial charge in [-0.05, 0) is 0 Å². The quantitative estimate of drug-likeness (QED) is 0.703. The molecule has 96 valence electrons. The van der Waals surface area contributed by atoms with E-state index in [-0.39, 0.29) is 17.4 Å². The molecule has 9 nitrogen and oxygen atoms in total. The van der Waals surface area contributed by atoms with Crippen molar-refractivity contribution in [1.82, 2.24) is 24.8 Å². The maximum atomic E-state index is 11.8. The van der Waals surface area contributed by atoms with Crippen molar-refractivity contribution in [3.05, 3.63) is 24.6 Å². The second-order valence-electron chi connectivity index (χ2n) is 3.26. The Morgan fingerprint density at radius 2 is 2.00 bits per heavy atom. The van der Waals surface area contributed by atoms with Crippen molar-refractivity contribution < 1.29 is 12.9 Å². The number of hydrogen-bond acceptors (Lipinski definition) is 8. The molecule has 0 radical (unpaired) electrons. The van der Waals surface area contributed by atoms with Crippen molar-refractivity contribution in [3.63, 3.8) is 0 Å². The number of rotatable bonds is 5. The topological polar surface area (TPSA) is 137 Å². The Hall–Kier alpha value is -2.07. The molecule has 0 aliphatic rings. The summed E-state index contributed by atoms with van der Waals surface area (Å²) in [6.07, 6.45) is 3.82. The minimum absolute atomic E-state index is 0.0137. The van der Waals surface area contributed by atoms with E-state index in [9.17, 15) is 8.42 Å². The van der Waals surface area contributed by atoms with Gasteiger partial charge in [0.25, 0.3) is 0 Å². The Kier molecular flexibility index (Phi) is 3.48. The first-order valence-electron chi connectivity index (χ1n) is 4.91. The highest BCUT2D eigenvalue weighted by molar-refractivity contribution is 7.89. The zero-order valence-electron chi connectivity index (χ0n) is 9.15. The van der Waals surface area contributed by atoms with Crippen LogP contribution >= 0.6 is 0 Å². The molecule has 0 atom stereocenters. The Bertz CT molecular complexity index is 594. The van der Waals surface area contributed by atoms with Gasteiger partial charge in [-0.3, -0.25) is 0 Å². The predicted octanol–water partition coefficient (Wildman–Crippen LogP) is -1.04. The normalized spacial score (nSPS) is 11.6. The Labute approximate surface area is 102 Å². The first-order valence-corrected chi connectivity index (χ1v) is 6.39. The van der Waals surface area contributed by atoms with E-state index in [1.807, 2.05) is 0 Å². The monoisotopic (exact) mass is 270 g/mol. The van der Waals surface area contributed by atoms with Crippen molar-refractivity contribution in [2.24, 2.45) is 0 Å². The molecule has 0 spiro atoms. The fraction of sp³-hybridized carbons (Fsp3) is 0.250. The number of nitrogen functional groups attached to an aromatic ring is 1. The molecular weight excluding hydrogens is 260 g/mol. The second kappa shape index (κ2) is 5.06. The number of aromatic nitrogens is 4. The van der Waals surface area contributed by atoms with Gasteiger partial charge in [-0.15, -0.1) is 0 Å². The second-order valence-corrected chi connectivity index (χ2v) is 5.03. The summed E-state index contributed by atoms with van der Waals surface area (Å²) < 4.78 is 30.6. The maximum Gasteiger partial charge on any atom is 0.243 e. The molecule has 2 aromatic rings. The molecule has 2 heterocycles. The van der Waals surface area contributed by atoms with Crippen LogP contribution in [0.1, 0.15) is 5.89 Å². The standard InChI is InChI=1S/C8H10N6O3S/c9-8-10-3-6(4-11-8)18(15,16)14-2-1-7-12-5-13-17-7/h3-5,14H,1-2H2,(H2,9,10,11). The lowest BCUT2D eigenvalue weighted by Crippen LogP contribution is -2.26. The lowest BCUT2D eigenvalue weighted by Gasteiger charge is -2.04. The largest absolute Gasteiger partial charge is 0.368 e. The van der Waals surface area contributed by atoms with Crippen LogP contribution in [0.5, 0.6) is 0 Å². The maximum absolute atomic E-state index is 11.8. The summed E-state index contributed by atoms with van der Waals surface area (Å²) >= 11 is 0. The highest BCUT2D eigenvalue weighted by Gasteiger charge is 2.14. The van der Waals surface area contributed by atoms with E-state index in [0.29, 0.717) is 12.3 Å². The van der Waals surface area contributed by atoms with E-state index >= 15 is 0 Å². The number of nitrogens with zero attached hydrogens (tertiary/aromatic N) is 4. The zero-order valence-corrected chi connectivity index (χ0v) is 9.96. The fourth-order valence-electron chi connectivity index (χ4n) is 1.15. The van der Waals surface area contributed by atoms with Crippen LogP contribution in [0.4, 0.5) is 5.95 Å². The summed E-state index contributed by atoms with van der Waals surface area (Å²) in [5.74, 6) is 0.367. The highest BCUT2D eigenvalue weighted by atomic mass is 32.2. The summed E-state index contributed by atoms with van der Waals surface area (Å²) in [5.41, 5.74) is 5.27. The lowest BCUT2D eigenvalue weighted by atomic mass is 10.4. The van der Waals surface area contributed by atoms with E-state index in [1.54, 1.807) is 0 Å². The molecule has 0 unspecified atom stereocenters. The highest BCUT2D eigenvalue weighted by Crippen LogP contribution is 2.05. The van der Waals surface area contributed by atoms with Gasteiger partial charge in [0.05, 0.1) is 12.4 Å². The van der Waals surface area contributed by atoms with Crippen LogP contribution in [-0.4, -0.2) is 35.1 Å². The average Bonchev–Trinajstić information content (AvgIpc) is 2.82. The van der Waals surface area contributed by atoms with Gasteiger partial charge in [-0.2, -0.15) is 4.98 Å². The van der Waals surface area contributed by atoms with Gasteiger partial charge < -0.3 is 10.3 Å². The Balaban J connectivity index is 1.97. The minimum Gasteiger partial charge on any atom is -0.368 e. The summed E-state index contributed by atoms with van der Waals surface area (Å²) in [5, 5.41) is 3.41. The van der Waals surface area contributed by atoms with Gasteiger partial charge in [-0.1, -0.05) is 5.16 Å². The van der Waals surface area contributed by atoms with Gasteiger partial charge >= 0.3 is 0 Å². The van der Waals surface area contributed by atoms with Gasteiger partial charge in [-0.25, -0.2) is 23.1 Å². The van der Waals surface area contributed by atoms with E-state index in [0.717, 1.165) is 12.4 Å². The van der Waals surface area contributed by atoms with Crippen molar-refractivity contribution >= 4 is 16.0 Å². The molecule has 0 aromatic carbocycles. The van der Waals surface area contributed by atoms with Crippen LogP contribution < -0.4 is 10.5 Å². The number of sulfonamides is 1. The van der Waals surface area contributed by atoms with E-state index in [1.165, 1.54) is 6.33 Å². The zero-order chi connectivity index (χ0) is 13.0. The summed E-state index contributed by atoms with van der Waals surface area (Å²) in [6.45, 7) is 0.134. The van der Waals surface area contributed by atoms with Crippen LogP contribution in [0.25, 0.3) is 0 Å². The van der Waals surface area contributed by atoms with Crippen LogP contribution in [0.3, 0.4) is 0 Å². The predicted molar refractivity (Wildman–Crippen MR) is 59.6 cm³/mol. The third kappa shape index (κ3) is 2.99. The van der Waals surface area contributed by atoms with Gasteiger partial charge in [0.1, 0.15) is 4.90 Å². The molecule has 0 aliphatic carbocycles. The van der Waals surface area contributed by atoms with Gasteiger partial charge in [0.2, 0.25) is 21.9 Å². The molecule has 18 heavy (non-hydrogen) atoms. The smallest absolute Gasteiger partial charge is 0.243 e. The number of nitrogens with two attached hydrogens (primary N) is 1. The molecule has 3 N–H and O–H groups in total. The third-order valence-electron chi connectivity index (χ3n) is 2.00. The summed E-state index contributed by atoms with van der Waals surface area (Å²) in [7, 11) is -3.65. The van der Waals surface area contributed by atoms with Gasteiger partial charge in [0, 0.05) is 13.0 Å². The van der Waals surface area contributed by atoms with Gasteiger partial charge in [0.15, 0.2) is 6.33 Å². The average molecular weight is 270 g/mol. The number of nitrogens with one attached hydrogen (secondary N) is 1. The molecule has 0 amide bonds. The van der Waals surface area contributed by atoms with Crippen molar-refractivity contribution in [2.75, 3.05) is 12.3 Å². The lowest BCUT2D eigenvalue weighted by molar-refractivity contribution is 0.377. The number of hydrogen-bond donors (Lipinski definition) is 2. The third-order valence-corrected chi connectivity index (χ3v) is 3.41. The molecule has 2 aromatic heterocycles. The SMILES string of the molecule is Nc1ncc(S(=O)(=O)NCCc2ncno2)cn1. The van der Waals surface area contributed by atoms with E-state index in [2.05, 4.69) is 24.8 Å². The fourth-order valence-corrected chi connectivity index (χ4v) is 2.07. The number of anilines is 1.